The third kappa shape index (κ3) is 8.18. The van der Waals surface area contributed by atoms with Gasteiger partial charge in [-0.3, -0.25) is 9.59 Å². The number of piperidine rings is 1. The molecule has 1 fully saturated rings. The summed E-state index contributed by atoms with van der Waals surface area (Å²) in [5.41, 5.74) is 0.555. The van der Waals surface area contributed by atoms with Crippen molar-refractivity contribution in [1.82, 2.24) is 10.2 Å². The highest BCUT2D eigenvalue weighted by Crippen LogP contribution is 2.21. The number of benzene rings is 2. The minimum Gasteiger partial charge on any atom is -0.497 e. The quantitative estimate of drug-likeness (QED) is 0.565. The van der Waals surface area contributed by atoms with Gasteiger partial charge in [-0.25, -0.2) is 4.79 Å². The van der Waals surface area contributed by atoms with Gasteiger partial charge in [0.05, 0.1) is 7.11 Å². The van der Waals surface area contributed by atoms with Gasteiger partial charge in [0.1, 0.15) is 17.1 Å². The van der Waals surface area contributed by atoms with Crippen molar-refractivity contribution in [3.05, 3.63) is 54.1 Å². The van der Waals surface area contributed by atoms with E-state index in [2.05, 4.69) is 10.6 Å². The second kappa shape index (κ2) is 12.3. The van der Waals surface area contributed by atoms with E-state index < -0.39 is 11.7 Å². The summed E-state index contributed by atoms with van der Waals surface area (Å²) in [6.07, 6.45) is 2.23. The summed E-state index contributed by atoms with van der Waals surface area (Å²) >= 11 is 0. The van der Waals surface area contributed by atoms with Crippen LogP contribution in [0.4, 0.5) is 10.5 Å². The molecule has 2 aromatic rings. The standard InChI is InChI=1S/C27H35N3O6/c1-27(2,3)36-26(33)28-17-21-9-5-6-15-30(21)25(32)19-11-13-22(14-12-19)35-18-24(31)29-20-8-7-10-23(16-20)34-4/h7-8,10-14,16,21H,5-6,9,15,17-18H2,1-4H3,(H,28,33)(H,29,31). The number of methoxy groups -OCH3 is 1. The van der Waals surface area contributed by atoms with Crippen molar-refractivity contribution in [3.8, 4) is 11.5 Å². The Morgan fingerprint density at radius 1 is 1.03 bits per heavy atom. The SMILES string of the molecule is COc1cccc(NC(=O)COc2ccc(C(=O)N3CCCCC3CNC(=O)OC(C)(C)C)cc2)c1. The summed E-state index contributed by atoms with van der Waals surface area (Å²) in [5.74, 6) is 0.713. The van der Waals surface area contributed by atoms with Gasteiger partial charge in [-0.2, -0.15) is 0 Å². The molecule has 0 bridgehead atoms. The number of hydrogen-bond acceptors (Lipinski definition) is 6. The van der Waals surface area contributed by atoms with Gasteiger partial charge < -0.3 is 29.7 Å². The lowest BCUT2D eigenvalue weighted by Gasteiger charge is -2.36. The Balaban J connectivity index is 1.52. The number of likely N-dealkylation sites (tertiary alicyclic amines) is 1. The first-order valence-corrected chi connectivity index (χ1v) is 12.1. The smallest absolute Gasteiger partial charge is 0.407 e. The Labute approximate surface area is 212 Å². The van der Waals surface area contributed by atoms with E-state index in [9.17, 15) is 14.4 Å². The largest absolute Gasteiger partial charge is 0.497 e. The lowest BCUT2D eigenvalue weighted by Crippen LogP contribution is -2.50. The van der Waals surface area contributed by atoms with Crippen LogP contribution in [0.3, 0.4) is 0 Å². The summed E-state index contributed by atoms with van der Waals surface area (Å²) < 4.78 is 16.0. The van der Waals surface area contributed by atoms with Gasteiger partial charge in [-0.1, -0.05) is 6.07 Å². The zero-order valence-corrected chi connectivity index (χ0v) is 21.3. The number of amides is 3. The third-order valence-corrected chi connectivity index (χ3v) is 5.59. The van der Waals surface area contributed by atoms with Gasteiger partial charge in [-0.05, 0) is 76.4 Å². The van der Waals surface area contributed by atoms with Crippen molar-refractivity contribution < 1.29 is 28.6 Å². The van der Waals surface area contributed by atoms with Crippen molar-refractivity contribution in [1.29, 1.82) is 0 Å². The number of alkyl carbamates (subject to hydrolysis) is 1. The number of anilines is 1. The second-order valence-electron chi connectivity index (χ2n) is 9.62. The van der Waals surface area contributed by atoms with E-state index in [-0.39, 0.29) is 24.5 Å². The maximum atomic E-state index is 13.2. The molecule has 1 aliphatic rings. The number of hydrogen-bond donors (Lipinski definition) is 2. The van der Waals surface area contributed by atoms with Crippen LogP contribution in [0.25, 0.3) is 0 Å². The van der Waals surface area contributed by atoms with E-state index in [4.69, 9.17) is 14.2 Å². The minimum atomic E-state index is -0.578. The predicted octanol–water partition coefficient (Wildman–Crippen LogP) is 4.23. The lowest BCUT2D eigenvalue weighted by molar-refractivity contribution is -0.118. The fourth-order valence-corrected chi connectivity index (χ4v) is 3.90. The topological polar surface area (TPSA) is 106 Å². The zero-order valence-electron chi connectivity index (χ0n) is 21.3. The maximum Gasteiger partial charge on any atom is 0.407 e. The number of carbonyl (C=O) groups is 3. The number of nitrogens with zero attached hydrogens (tertiary/aromatic N) is 1. The average Bonchev–Trinajstić information content (AvgIpc) is 2.85. The van der Waals surface area contributed by atoms with Gasteiger partial charge in [0.2, 0.25) is 0 Å². The molecule has 194 valence electrons. The maximum absolute atomic E-state index is 13.2. The van der Waals surface area contributed by atoms with Crippen molar-refractivity contribution in [2.24, 2.45) is 0 Å². The summed E-state index contributed by atoms with van der Waals surface area (Å²) in [7, 11) is 1.56. The summed E-state index contributed by atoms with van der Waals surface area (Å²) in [4.78, 5) is 39.2. The van der Waals surface area contributed by atoms with Crippen molar-refractivity contribution in [3.63, 3.8) is 0 Å². The Bertz CT molecular complexity index is 1050. The molecule has 1 saturated heterocycles. The molecule has 1 unspecified atom stereocenters. The number of rotatable bonds is 8. The molecule has 0 aliphatic carbocycles. The average molecular weight is 498 g/mol. The molecule has 3 rings (SSSR count). The Morgan fingerprint density at radius 3 is 2.47 bits per heavy atom. The van der Waals surface area contributed by atoms with Crippen LogP contribution in [-0.4, -0.2) is 61.3 Å². The normalized spacial score (nSPS) is 15.6. The van der Waals surface area contributed by atoms with Crippen LogP contribution < -0.4 is 20.1 Å². The van der Waals surface area contributed by atoms with E-state index >= 15 is 0 Å². The molecule has 1 aliphatic heterocycles. The second-order valence-corrected chi connectivity index (χ2v) is 9.62. The van der Waals surface area contributed by atoms with E-state index in [1.54, 1.807) is 60.5 Å². The zero-order chi connectivity index (χ0) is 26.1. The van der Waals surface area contributed by atoms with Crippen molar-refractivity contribution >= 4 is 23.6 Å². The third-order valence-electron chi connectivity index (χ3n) is 5.59. The first-order valence-electron chi connectivity index (χ1n) is 12.1. The predicted molar refractivity (Wildman–Crippen MR) is 136 cm³/mol. The van der Waals surface area contributed by atoms with Crippen LogP contribution in [0.2, 0.25) is 0 Å². The van der Waals surface area contributed by atoms with E-state index in [0.717, 1.165) is 19.3 Å². The van der Waals surface area contributed by atoms with Crippen molar-refractivity contribution in [2.75, 3.05) is 32.1 Å². The molecule has 2 N–H and O–H groups in total. The van der Waals surface area contributed by atoms with Crippen LogP contribution >= 0.6 is 0 Å². The van der Waals surface area contributed by atoms with Gasteiger partial charge in [0.25, 0.3) is 11.8 Å². The molecule has 9 nitrogen and oxygen atoms in total. The van der Waals surface area contributed by atoms with E-state index in [0.29, 0.717) is 35.8 Å². The van der Waals surface area contributed by atoms with E-state index in [1.807, 2.05) is 20.8 Å². The molecule has 2 aromatic carbocycles. The molecule has 0 aromatic heterocycles. The molecule has 9 heteroatoms. The van der Waals surface area contributed by atoms with Gasteiger partial charge in [0.15, 0.2) is 6.61 Å². The number of nitrogens with one attached hydrogen (secondary N) is 2. The van der Waals surface area contributed by atoms with Crippen LogP contribution in [0, 0.1) is 0 Å². The molecule has 1 atom stereocenters. The molecule has 3 amide bonds. The molecular formula is C27H35N3O6. The number of carbonyl (C=O) groups excluding carboxylic acids is 3. The summed E-state index contributed by atoms with van der Waals surface area (Å²) in [6.45, 7) is 6.22. The van der Waals surface area contributed by atoms with Crippen molar-refractivity contribution in [2.45, 2.75) is 51.7 Å². The Hall–Kier alpha value is -3.75. The van der Waals surface area contributed by atoms with Gasteiger partial charge in [-0.15, -0.1) is 0 Å². The first kappa shape index (κ1) is 26.8. The summed E-state index contributed by atoms with van der Waals surface area (Å²) in [6, 6.07) is 13.7. The fourth-order valence-electron chi connectivity index (χ4n) is 3.90. The molecule has 0 radical (unpaired) electrons. The summed E-state index contributed by atoms with van der Waals surface area (Å²) in [5, 5.41) is 5.54. The highest BCUT2D eigenvalue weighted by Gasteiger charge is 2.28. The monoisotopic (exact) mass is 497 g/mol. The number of ether oxygens (including phenoxy) is 3. The molecule has 1 heterocycles. The van der Waals surface area contributed by atoms with Gasteiger partial charge >= 0.3 is 6.09 Å². The Kier molecular flexibility index (Phi) is 9.16. The van der Waals surface area contributed by atoms with Crippen LogP contribution in [0.15, 0.2) is 48.5 Å². The van der Waals surface area contributed by atoms with Gasteiger partial charge in [0, 0.05) is 36.4 Å². The van der Waals surface area contributed by atoms with Crippen LogP contribution in [0.1, 0.15) is 50.4 Å². The molecule has 36 heavy (non-hydrogen) atoms. The minimum absolute atomic E-state index is 0.102. The fraction of sp³-hybridized carbons (Fsp3) is 0.444. The highest BCUT2D eigenvalue weighted by atomic mass is 16.6. The molecule has 0 saturated carbocycles. The first-order chi connectivity index (χ1) is 17.1. The Morgan fingerprint density at radius 2 is 1.78 bits per heavy atom. The highest BCUT2D eigenvalue weighted by molar-refractivity contribution is 5.95. The van der Waals surface area contributed by atoms with Crippen LogP contribution in [0.5, 0.6) is 11.5 Å². The lowest BCUT2D eigenvalue weighted by atomic mass is 10.0. The molecule has 0 spiro atoms. The molecular weight excluding hydrogens is 462 g/mol. The van der Waals surface area contributed by atoms with E-state index in [1.165, 1.54) is 0 Å². The van der Waals surface area contributed by atoms with Crippen LogP contribution in [-0.2, 0) is 9.53 Å².